The summed E-state index contributed by atoms with van der Waals surface area (Å²) >= 11 is 0. The van der Waals surface area contributed by atoms with Crippen LogP contribution < -0.4 is 14.2 Å². The summed E-state index contributed by atoms with van der Waals surface area (Å²) in [6.45, 7) is 2.55. The van der Waals surface area contributed by atoms with E-state index in [2.05, 4.69) is 10.0 Å². The molecule has 9 heteroatoms. The van der Waals surface area contributed by atoms with Crippen LogP contribution >= 0.6 is 37.2 Å². The first-order valence-electron chi connectivity index (χ1n) is 8.88. The zero-order valence-corrected chi connectivity index (χ0v) is 19.3. The summed E-state index contributed by atoms with van der Waals surface area (Å²) in [4.78, 5) is 10.4. The maximum Gasteiger partial charge on any atom is 0.203 e. The van der Waals surface area contributed by atoms with Crippen LogP contribution in [-0.4, -0.2) is 44.5 Å². The molecule has 0 N–H and O–H groups in total. The minimum atomic E-state index is 0. The molecule has 0 bridgehead atoms. The fourth-order valence-corrected chi connectivity index (χ4v) is 3.11. The Morgan fingerprint density at radius 1 is 0.862 bits per heavy atom. The molecule has 29 heavy (non-hydrogen) atoms. The minimum absolute atomic E-state index is 0. The van der Waals surface area contributed by atoms with Crippen molar-refractivity contribution in [2.75, 3.05) is 34.4 Å². The second-order valence-electron chi connectivity index (χ2n) is 6.23. The molecule has 1 fully saturated rings. The Balaban J connectivity index is 0.00000261. The first-order chi connectivity index (χ1) is 12.7. The molecule has 0 unspecified atom stereocenters. The number of aromatic nitrogens is 1. The van der Waals surface area contributed by atoms with Crippen LogP contribution in [0, 0.1) is 0 Å². The summed E-state index contributed by atoms with van der Waals surface area (Å²) < 4.78 is 16.3. The molecule has 164 valence electrons. The molecule has 0 radical (unpaired) electrons. The molecule has 1 aromatic carbocycles. The highest BCUT2D eigenvalue weighted by Gasteiger charge is 2.15. The van der Waals surface area contributed by atoms with Gasteiger partial charge in [-0.2, -0.15) is 5.06 Å². The first kappa shape index (κ1) is 27.6. The molecular weight excluding hydrogens is 439 g/mol. The standard InChI is InChI=1S/C20H26N2O4.3ClH/c1-23-18-12-16(13-19(24-2)20(18)25-3)17-11-15(7-8-21-17)14-26-22-9-5-4-6-10-22;;;/h7-8,11-13H,4-6,9-10,14H2,1-3H3;3*1H. The molecule has 1 aliphatic heterocycles. The number of rotatable bonds is 7. The number of hydrogen-bond acceptors (Lipinski definition) is 6. The van der Waals surface area contributed by atoms with Crippen LogP contribution in [0.5, 0.6) is 17.2 Å². The Hall–Kier alpha value is -1.44. The van der Waals surface area contributed by atoms with Gasteiger partial charge in [0.2, 0.25) is 5.75 Å². The maximum atomic E-state index is 5.92. The van der Waals surface area contributed by atoms with E-state index in [1.54, 1.807) is 27.5 Å². The highest BCUT2D eigenvalue weighted by molar-refractivity contribution is 5.86. The van der Waals surface area contributed by atoms with Gasteiger partial charge < -0.3 is 14.2 Å². The van der Waals surface area contributed by atoms with Gasteiger partial charge in [-0.1, -0.05) is 6.42 Å². The van der Waals surface area contributed by atoms with E-state index in [1.165, 1.54) is 19.3 Å². The Kier molecular flexibility index (Phi) is 13.0. The summed E-state index contributed by atoms with van der Waals surface area (Å²) in [7, 11) is 4.81. The van der Waals surface area contributed by atoms with Crippen LogP contribution in [0.15, 0.2) is 30.5 Å². The molecule has 0 aliphatic carbocycles. The van der Waals surface area contributed by atoms with Crippen molar-refractivity contribution in [3.63, 3.8) is 0 Å². The zero-order valence-electron chi connectivity index (χ0n) is 16.9. The van der Waals surface area contributed by atoms with Crippen molar-refractivity contribution in [1.29, 1.82) is 0 Å². The van der Waals surface area contributed by atoms with Gasteiger partial charge in [0.15, 0.2) is 11.5 Å². The first-order valence-corrected chi connectivity index (χ1v) is 8.88. The number of benzene rings is 1. The van der Waals surface area contributed by atoms with Crippen LogP contribution in [0.25, 0.3) is 11.3 Å². The Bertz CT molecular complexity index is 718. The lowest BCUT2D eigenvalue weighted by molar-refractivity contribution is -0.178. The summed E-state index contributed by atoms with van der Waals surface area (Å²) in [5.41, 5.74) is 2.82. The smallest absolute Gasteiger partial charge is 0.203 e. The average Bonchev–Trinajstić information content (AvgIpc) is 2.72. The Labute approximate surface area is 191 Å². The highest BCUT2D eigenvalue weighted by Crippen LogP contribution is 2.40. The third kappa shape index (κ3) is 7.08. The largest absolute Gasteiger partial charge is 0.493 e. The fraction of sp³-hybridized carbons (Fsp3) is 0.450. The molecule has 1 aromatic heterocycles. The topological polar surface area (TPSA) is 53.1 Å². The number of halogens is 3. The maximum absolute atomic E-state index is 5.92. The van der Waals surface area contributed by atoms with Crippen molar-refractivity contribution in [3.8, 4) is 28.5 Å². The van der Waals surface area contributed by atoms with E-state index in [-0.39, 0.29) is 37.2 Å². The second-order valence-corrected chi connectivity index (χ2v) is 6.23. The quantitative estimate of drug-likeness (QED) is 0.574. The SMILES string of the molecule is COc1cc(-c2cc(CON3CCCCC3)ccn2)cc(OC)c1OC.Cl.Cl.Cl. The third-order valence-corrected chi connectivity index (χ3v) is 4.51. The molecule has 1 saturated heterocycles. The number of hydroxylamine groups is 2. The number of piperidine rings is 1. The van der Waals surface area contributed by atoms with Crippen molar-refractivity contribution in [2.45, 2.75) is 25.9 Å². The van der Waals surface area contributed by atoms with Gasteiger partial charge in [-0.15, -0.1) is 37.2 Å². The van der Waals surface area contributed by atoms with Gasteiger partial charge in [-0.25, -0.2) is 0 Å². The van der Waals surface area contributed by atoms with E-state index in [0.29, 0.717) is 23.9 Å². The number of nitrogens with zero attached hydrogens (tertiary/aromatic N) is 2. The molecule has 2 aromatic rings. The Morgan fingerprint density at radius 3 is 2.03 bits per heavy atom. The van der Waals surface area contributed by atoms with Gasteiger partial charge in [0.1, 0.15) is 0 Å². The van der Waals surface area contributed by atoms with Gasteiger partial charge in [0, 0.05) is 24.8 Å². The minimum Gasteiger partial charge on any atom is -0.493 e. The number of methoxy groups -OCH3 is 3. The van der Waals surface area contributed by atoms with Crippen molar-refractivity contribution in [1.82, 2.24) is 10.0 Å². The number of hydrogen-bond donors (Lipinski definition) is 0. The summed E-state index contributed by atoms with van der Waals surface area (Å²) in [6.07, 6.45) is 5.49. The van der Waals surface area contributed by atoms with Gasteiger partial charge in [0.25, 0.3) is 0 Å². The molecule has 6 nitrogen and oxygen atoms in total. The van der Waals surface area contributed by atoms with E-state index >= 15 is 0 Å². The van der Waals surface area contributed by atoms with Crippen LogP contribution in [-0.2, 0) is 11.4 Å². The van der Waals surface area contributed by atoms with Gasteiger partial charge in [-0.05, 0) is 42.7 Å². The summed E-state index contributed by atoms with van der Waals surface area (Å²) in [5.74, 6) is 1.79. The molecule has 0 saturated carbocycles. The molecule has 0 amide bonds. The average molecular weight is 468 g/mol. The van der Waals surface area contributed by atoms with Crippen molar-refractivity contribution in [2.24, 2.45) is 0 Å². The molecule has 2 heterocycles. The second kappa shape index (κ2) is 13.7. The normalized spacial score (nSPS) is 13.3. The van der Waals surface area contributed by atoms with Gasteiger partial charge in [0.05, 0.1) is 33.6 Å². The summed E-state index contributed by atoms with van der Waals surface area (Å²) in [5, 5.41) is 2.06. The molecule has 1 aliphatic rings. The fourth-order valence-electron chi connectivity index (χ4n) is 3.11. The van der Waals surface area contributed by atoms with Gasteiger partial charge >= 0.3 is 0 Å². The lowest BCUT2D eigenvalue weighted by atomic mass is 10.1. The van der Waals surface area contributed by atoms with Crippen LogP contribution in [0.1, 0.15) is 24.8 Å². The number of pyridine rings is 1. The van der Waals surface area contributed by atoms with Crippen LogP contribution in [0.3, 0.4) is 0 Å². The monoisotopic (exact) mass is 466 g/mol. The Morgan fingerprint density at radius 2 is 1.48 bits per heavy atom. The van der Waals surface area contributed by atoms with Crippen LogP contribution in [0.2, 0.25) is 0 Å². The highest BCUT2D eigenvalue weighted by atomic mass is 35.5. The van der Waals surface area contributed by atoms with E-state index < -0.39 is 0 Å². The van der Waals surface area contributed by atoms with Gasteiger partial charge in [-0.3, -0.25) is 9.82 Å². The molecule has 0 atom stereocenters. The third-order valence-electron chi connectivity index (χ3n) is 4.51. The summed E-state index contributed by atoms with van der Waals surface area (Å²) in [6, 6.07) is 7.81. The molecule has 0 spiro atoms. The number of ether oxygens (including phenoxy) is 3. The van der Waals surface area contributed by atoms with Crippen molar-refractivity contribution in [3.05, 3.63) is 36.0 Å². The van der Waals surface area contributed by atoms with E-state index in [1.807, 2.05) is 24.3 Å². The lowest BCUT2D eigenvalue weighted by Gasteiger charge is -2.25. The van der Waals surface area contributed by atoms with Crippen molar-refractivity contribution >= 4 is 37.2 Å². The molecular formula is C20H29Cl3N2O4. The predicted molar refractivity (Wildman–Crippen MR) is 121 cm³/mol. The van der Waals surface area contributed by atoms with E-state index in [9.17, 15) is 0 Å². The lowest BCUT2D eigenvalue weighted by Crippen LogP contribution is -2.29. The molecule has 3 rings (SSSR count). The van der Waals surface area contributed by atoms with Crippen molar-refractivity contribution < 1.29 is 19.0 Å². The van der Waals surface area contributed by atoms with E-state index in [0.717, 1.165) is 29.9 Å². The predicted octanol–water partition coefficient (Wildman–Crippen LogP) is 4.96. The zero-order chi connectivity index (χ0) is 18.4. The van der Waals surface area contributed by atoms with Crippen LogP contribution in [0.4, 0.5) is 0 Å². The van der Waals surface area contributed by atoms with E-state index in [4.69, 9.17) is 19.0 Å².